The summed E-state index contributed by atoms with van der Waals surface area (Å²) in [4.78, 5) is 25.1. The summed E-state index contributed by atoms with van der Waals surface area (Å²) in [6.07, 6.45) is 2.02. The van der Waals surface area contributed by atoms with Gasteiger partial charge in [-0.2, -0.15) is 15.0 Å². The van der Waals surface area contributed by atoms with E-state index in [1.165, 1.54) is 13.2 Å². The van der Waals surface area contributed by atoms with E-state index in [1.54, 1.807) is 36.4 Å². The van der Waals surface area contributed by atoms with Gasteiger partial charge >= 0.3 is 5.69 Å². The summed E-state index contributed by atoms with van der Waals surface area (Å²) in [5.74, 6) is 0.375. The van der Waals surface area contributed by atoms with Crippen molar-refractivity contribution >= 4 is 34.8 Å². The molecule has 0 amide bonds. The van der Waals surface area contributed by atoms with Crippen LogP contribution in [0.4, 0.5) is 0 Å². The van der Waals surface area contributed by atoms with Crippen LogP contribution in [0.2, 0.25) is 10.0 Å². The quantitative estimate of drug-likeness (QED) is 0.269. The van der Waals surface area contributed by atoms with Gasteiger partial charge < -0.3 is 9.47 Å². The third kappa shape index (κ3) is 5.95. The molecule has 2 aromatic carbocycles. The van der Waals surface area contributed by atoms with Gasteiger partial charge in [-0.3, -0.25) is 4.79 Å². The minimum absolute atomic E-state index is 0.217. The summed E-state index contributed by atoms with van der Waals surface area (Å²) in [6, 6.07) is 14.3. The Hall–Kier alpha value is -2.67. The highest BCUT2D eigenvalue weighted by Crippen LogP contribution is 2.41. The molecule has 0 bridgehead atoms. The average molecular weight is 538 g/mol. The Kier molecular flexibility index (Phi) is 9.49. The first kappa shape index (κ1) is 26.9. The van der Waals surface area contributed by atoms with Crippen LogP contribution in [0.5, 0.6) is 0 Å². The van der Waals surface area contributed by atoms with Gasteiger partial charge in [0.25, 0.3) is 5.56 Å². The zero-order valence-electron chi connectivity index (χ0n) is 18.9. The smallest absolute Gasteiger partial charge is 0.354 e. The van der Waals surface area contributed by atoms with Crippen LogP contribution in [0.25, 0.3) is 5.69 Å². The van der Waals surface area contributed by atoms with Crippen LogP contribution in [-0.4, -0.2) is 40.6 Å². The van der Waals surface area contributed by atoms with Gasteiger partial charge in [-0.15, -0.1) is 11.6 Å². The highest BCUT2D eigenvalue weighted by molar-refractivity contribution is 6.32. The van der Waals surface area contributed by atoms with E-state index in [-0.39, 0.29) is 18.4 Å². The summed E-state index contributed by atoms with van der Waals surface area (Å²) in [5, 5.41) is 15.1. The predicted octanol–water partition coefficient (Wildman–Crippen LogP) is 4.15. The van der Waals surface area contributed by atoms with E-state index in [9.17, 15) is 14.9 Å². The Morgan fingerprint density at radius 2 is 1.86 bits per heavy atom. The highest BCUT2D eigenvalue weighted by atomic mass is 35.5. The lowest BCUT2D eigenvalue weighted by atomic mass is 9.72. The molecule has 0 radical (unpaired) electrons. The van der Waals surface area contributed by atoms with Crippen molar-refractivity contribution in [1.29, 1.82) is 5.26 Å². The number of hydrogen-bond acceptors (Lipinski definition) is 6. The average Bonchev–Trinajstić information content (AvgIpc) is 2.85. The summed E-state index contributed by atoms with van der Waals surface area (Å²) in [6.45, 7) is 0.291. The topological polar surface area (TPSA) is 99.1 Å². The molecular weight excluding hydrogens is 515 g/mol. The number of nitrogens with zero attached hydrogens (tertiary/aromatic N) is 4. The summed E-state index contributed by atoms with van der Waals surface area (Å²) in [5.41, 5.74) is -0.761. The first-order valence-corrected chi connectivity index (χ1v) is 12.0. The second-order valence-electron chi connectivity index (χ2n) is 7.62. The molecule has 3 rings (SSSR count). The molecule has 8 nitrogen and oxygen atoms in total. The van der Waals surface area contributed by atoms with Gasteiger partial charge in [-0.05, 0) is 48.2 Å². The van der Waals surface area contributed by atoms with E-state index >= 15 is 0 Å². The van der Waals surface area contributed by atoms with Gasteiger partial charge in [0, 0.05) is 23.0 Å². The number of hydrogen-bond donors (Lipinski definition) is 0. The monoisotopic (exact) mass is 536 g/mol. The second-order valence-corrected chi connectivity index (χ2v) is 8.84. The molecule has 0 aliphatic rings. The zero-order valence-corrected chi connectivity index (χ0v) is 21.2. The molecule has 0 saturated carbocycles. The third-order valence-corrected chi connectivity index (χ3v) is 6.32. The van der Waals surface area contributed by atoms with Crippen LogP contribution in [0.1, 0.15) is 24.0 Å². The third-order valence-electron chi connectivity index (χ3n) is 5.48. The maximum atomic E-state index is 12.9. The van der Waals surface area contributed by atoms with Gasteiger partial charge in [-0.1, -0.05) is 41.4 Å². The first-order chi connectivity index (χ1) is 16.9. The van der Waals surface area contributed by atoms with Crippen molar-refractivity contribution in [2.75, 3.05) is 26.2 Å². The lowest BCUT2D eigenvalue weighted by Crippen LogP contribution is -2.41. The summed E-state index contributed by atoms with van der Waals surface area (Å²) >= 11 is 18.7. The predicted molar refractivity (Wildman–Crippen MR) is 135 cm³/mol. The molecule has 1 aromatic heterocycles. The number of halogens is 3. The molecule has 1 unspecified atom stereocenters. The maximum Gasteiger partial charge on any atom is 0.354 e. The molecule has 3 aromatic rings. The Bertz CT molecular complexity index is 1320. The first-order valence-electron chi connectivity index (χ1n) is 10.7. The molecule has 1 atom stereocenters. The molecule has 184 valence electrons. The Balaban J connectivity index is 2.05. The Morgan fingerprint density at radius 1 is 1.11 bits per heavy atom. The Morgan fingerprint density at radius 3 is 2.49 bits per heavy atom. The van der Waals surface area contributed by atoms with E-state index in [0.717, 1.165) is 21.0 Å². The standard InChI is InChI=1S/C24H23Cl3N4O4/c1-34-11-12-35-16-30-22(32)14-29-31(23(30)33)19-7-8-20(21(27)13-19)24(15-28,9-2-10-25)17-3-5-18(26)6-4-17/h3-8,13-14H,2,9-12,16H2,1H3. The number of rotatable bonds is 11. The van der Waals surface area contributed by atoms with Crippen LogP contribution >= 0.6 is 34.8 Å². The normalized spacial score (nSPS) is 12.8. The van der Waals surface area contributed by atoms with E-state index in [4.69, 9.17) is 44.3 Å². The van der Waals surface area contributed by atoms with E-state index in [1.807, 2.05) is 0 Å². The van der Waals surface area contributed by atoms with Crippen molar-refractivity contribution in [3.05, 3.63) is 90.7 Å². The fourth-order valence-corrected chi connectivity index (χ4v) is 4.29. The molecule has 0 aliphatic carbocycles. The van der Waals surface area contributed by atoms with Crippen molar-refractivity contribution in [2.24, 2.45) is 0 Å². The van der Waals surface area contributed by atoms with Crippen molar-refractivity contribution in [2.45, 2.75) is 25.0 Å². The molecular formula is C24H23Cl3N4O4. The summed E-state index contributed by atoms with van der Waals surface area (Å²) in [7, 11) is 1.52. The molecule has 0 saturated heterocycles. The van der Waals surface area contributed by atoms with Gasteiger partial charge in [0.15, 0.2) is 0 Å². The number of alkyl halides is 1. The second kappa shape index (κ2) is 12.3. The number of nitriles is 1. The molecule has 11 heteroatoms. The van der Waals surface area contributed by atoms with E-state index in [0.29, 0.717) is 41.6 Å². The van der Waals surface area contributed by atoms with Crippen LogP contribution < -0.4 is 11.2 Å². The molecule has 1 heterocycles. The molecule has 0 aliphatic heterocycles. The summed E-state index contributed by atoms with van der Waals surface area (Å²) < 4.78 is 12.2. The van der Waals surface area contributed by atoms with Crippen molar-refractivity contribution in [3.8, 4) is 11.8 Å². The van der Waals surface area contributed by atoms with Gasteiger partial charge in [0.05, 0.1) is 25.0 Å². The Labute approximate surface area is 217 Å². The number of methoxy groups -OCH3 is 1. The van der Waals surface area contributed by atoms with Gasteiger partial charge in [0.1, 0.15) is 18.3 Å². The fraction of sp³-hybridized carbons (Fsp3) is 0.333. The molecule has 0 spiro atoms. The van der Waals surface area contributed by atoms with Crippen LogP contribution in [0, 0.1) is 11.3 Å². The lowest BCUT2D eigenvalue weighted by Gasteiger charge is -2.29. The maximum absolute atomic E-state index is 12.9. The van der Waals surface area contributed by atoms with Crippen molar-refractivity contribution in [1.82, 2.24) is 14.3 Å². The van der Waals surface area contributed by atoms with E-state index < -0.39 is 16.7 Å². The highest BCUT2D eigenvalue weighted by Gasteiger charge is 2.36. The minimum Gasteiger partial charge on any atom is -0.382 e. The SMILES string of the molecule is COCCOCn1c(=O)cnn(-c2ccc(C(C#N)(CCCCl)c3ccc(Cl)cc3)c(Cl)c2)c1=O. The zero-order chi connectivity index (χ0) is 25.4. The van der Waals surface area contributed by atoms with Crippen molar-refractivity contribution < 1.29 is 9.47 Å². The van der Waals surface area contributed by atoms with Gasteiger partial charge in [-0.25, -0.2) is 9.36 Å². The molecule has 0 N–H and O–H groups in total. The minimum atomic E-state index is -1.08. The largest absolute Gasteiger partial charge is 0.382 e. The number of aromatic nitrogens is 3. The van der Waals surface area contributed by atoms with E-state index in [2.05, 4.69) is 11.2 Å². The fourth-order valence-electron chi connectivity index (χ4n) is 3.69. The van der Waals surface area contributed by atoms with Crippen LogP contribution in [0.15, 0.2) is 58.3 Å². The lowest BCUT2D eigenvalue weighted by molar-refractivity contribution is 0.0300. The number of ether oxygens (including phenoxy) is 2. The molecule has 35 heavy (non-hydrogen) atoms. The van der Waals surface area contributed by atoms with Crippen LogP contribution in [0.3, 0.4) is 0 Å². The molecule has 0 fully saturated rings. The van der Waals surface area contributed by atoms with Crippen LogP contribution in [-0.2, 0) is 21.6 Å². The number of benzene rings is 2. The van der Waals surface area contributed by atoms with Gasteiger partial charge in [0.2, 0.25) is 0 Å². The van der Waals surface area contributed by atoms with Crippen molar-refractivity contribution in [3.63, 3.8) is 0 Å².